The molecule has 1 atom stereocenters. The molecule has 1 aromatic rings. The highest BCUT2D eigenvalue weighted by Gasteiger charge is 2.04. The van der Waals surface area contributed by atoms with Crippen molar-refractivity contribution in [2.45, 2.75) is 18.3 Å². The van der Waals surface area contributed by atoms with Gasteiger partial charge in [-0.3, -0.25) is 0 Å². The van der Waals surface area contributed by atoms with Crippen molar-refractivity contribution >= 4 is 11.8 Å². The van der Waals surface area contributed by atoms with Crippen LogP contribution < -0.4 is 0 Å². The molecule has 0 heterocycles. The van der Waals surface area contributed by atoms with Gasteiger partial charge in [-0.25, -0.2) is 0 Å². The SMILES string of the molecule is OCCC#Cc1ccccc1CSCC(O)CO. The van der Waals surface area contributed by atoms with Crippen LogP contribution in [0.3, 0.4) is 0 Å². The second-order valence-electron chi connectivity index (χ2n) is 3.78. The Bertz CT molecular complexity index is 409. The minimum atomic E-state index is -0.664. The lowest BCUT2D eigenvalue weighted by molar-refractivity contribution is 0.113. The summed E-state index contributed by atoms with van der Waals surface area (Å²) >= 11 is 1.57. The van der Waals surface area contributed by atoms with Gasteiger partial charge >= 0.3 is 0 Å². The molecule has 0 bridgehead atoms. The lowest BCUT2D eigenvalue weighted by Gasteiger charge is -2.07. The highest BCUT2D eigenvalue weighted by Crippen LogP contribution is 2.16. The van der Waals surface area contributed by atoms with Crippen LogP contribution in [0, 0.1) is 11.8 Å². The topological polar surface area (TPSA) is 60.7 Å². The Labute approximate surface area is 112 Å². The van der Waals surface area contributed by atoms with Gasteiger partial charge in [0.25, 0.3) is 0 Å². The van der Waals surface area contributed by atoms with Crippen molar-refractivity contribution in [1.29, 1.82) is 0 Å². The molecule has 0 saturated heterocycles. The molecule has 0 saturated carbocycles. The van der Waals surface area contributed by atoms with E-state index >= 15 is 0 Å². The van der Waals surface area contributed by atoms with Crippen LogP contribution in [0.25, 0.3) is 0 Å². The van der Waals surface area contributed by atoms with Gasteiger partial charge in [0.2, 0.25) is 0 Å². The van der Waals surface area contributed by atoms with Crippen molar-refractivity contribution in [2.24, 2.45) is 0 Å². The third kappa shape index (κ3) is 5.56. The fourth-order valence-corrected chi connectivity index (χ4v) is 2.31. The fourth-order valence-electron chi connectivity index (χ4n) is 1.34. The monoisotopic (exact) mass is 266 g/mol. The standard InChI is InChI=1S/C14H18O3S/c15-8-4-3-6-12-5-1-2-7-13(12)10-18-11-14(17)9-16/h1-2,5,7,14-17H,4,8-11H2. The smallest absolute Gasteiger partial charge is 0.0861 e. The van der Waals surface area contributed by atoms with Gasteiger partial charge in [0.05, 0.1) is 19.3 Å². The maximum Gasteiger partial charge on any atom is 0.0861 e. The van der Waals surface area contributed by atoms with Crippen LogP contribution in [-0.4, -0.2) is 40.4 Å². The molecule has 3 nitrogen and oxygen atoms in total. The van der Waals surface area contributed by atoms with E-state index in [-0.39, 0.29) is 13.2 Å². The Hall–Kier alpha value is -0.990. The molecule has 0 aromatic heterocycles. The molecule has 1 unspecified atom stereocenters. The molecule has 1 rings (SSSR count). The minimum Gasteiger partial charge on any atom is -0.395 e. The largest absolute Gasteiger partial charge is 0.395 e. The van der Waals surface area contributed by atoms with E-state index in [0.717, 1.165) is 16.9 Å². The van der Waals surface area contributed by atoms with Gasteiger partial charge < -0.3 is 15.3 Å². The summed E-state index contributed by atoms with van der Waals surface area (Å²) in [6.07, 6.45) is -0.187. The van der Waals surface area contributed by atoms with Crippen molar-refractivity contribution in [3.63, 3.8) is 0 Å². The molecule has 0 aliphatic heterocycles. The molecule has 98 valence electrons. The van der Waals surface area contributed by atoms with Gasteiger partial charge in [-0.05, 0) is 11.6 Å². The zero-order valence-corrected chi connectivity index (χ0v) is 11.0. The third-order valence-electron chi connectivity index (χ3n) is 2.26. The first-order chi connectivity index (χ1) is 8.77. The first kappa shape index (κ1) is 15.1. The zero-order chi connectivity index (χ0) is 13.2. The number of hydrogen-bond donors (Lipinski definition) is 3. The average Bonchev–Trinajstić information content (AvgIpc) is 2.40. The molecule has 4 heteroatoms. The quantitative estimate of drug-likeness (QED) is 0.673. The Kier molecular flexibility index (Phi) is 7.54. The minimum absolute atomic E-state index is 0.0760. The summed E-state index contributed by atoms with van der Waals surface area (Å²) in [5.41, 5.74) is 2.06. The molecule has 0 fully saturated rings. The van der Waals surface area contributed by atoms with E-state index in [0.29, 0.717) is 12.2 Å². The highest BCUT2D eigenvalue weighted by atomic mass is 32.2. The predicted molar refractivity (Wildman–Crippen MR) is 74.3 cm³/mol. The molecule has 18 heavy (non-hydrogen) atoms. The van der Waals surface area contributed by atoms with Gasteiger partial charge in [-0.2, -0.15) is 11.8 Å². The van der Waals surface area contributed by atoms with Gasteiger partial charge in [0.15, 0.2) is 0 Å². The van der Waals surface area contributed by atoms with Gasteiger partial charge in [0.1, 0.15) is 0 Å². The number of aliphatic hydroxyl groups is 3. The van der Waals surface area contributed by atoms with Crippen LogP contribution in [0.1, 0.15) is 17.5 Å². The lowest BCUT2D eigenvalue weighted by atomic mass is 10.1. The summed E-state index contributed by atoms with van der Waals surface area (Å²) in [6.45, 7) is -0.127. The van der Waals surface area contributed by atoms with Gasteiger partial charge in [-0.15, -0.1) is 0 Å². The van der Waals surface area contributed by atoms with E-state index in [4.69, 9.17) is 10.2 Å². The molecule has 0 spiro atoms. The van der Waals surface area contributed by atoms with Crippen LogP contribution >= 0.6 is 11.8 Å². The molecule has 0 aliphatic carbocycles. The Morgan fingerprint density at radius 3 is 2.72 bits per heavy atom. The van der Waals surface area contributed by atoms with Crippen molar-refractivity contribution in [3.8, 4) is 11.8 Å². The zero-order valence-electron chi connectivity index (χ0n) is 10.2. The second kappa shape index (κ2) is 9.01. The first-order valence-electron chi connectivity index (χ1n) is 5.82. The van der Waals surface area contributed by atoms with E-state index in [1.54, 1.807) is 11.8 Å². The fraction of sp³-hybridized carbons (Fsp3) is 0.429. The molecule has 0 aliphatic rings. The van der Waals surface area contributed by atoms with Crippen LogP contribution in [0.2, 0.25) is 0 Å². The number of benzene rings is 1. The summed E-state index contributed by atoms with van der Waals surface area (Å²) in [4.78, 5) is 0. The average molecular weight is 266 g/mol. The van der Waals surface area contributed by atoms with E-state index < -0.39 is 6.10 Å². The van der Waals surface area contributed by atoms with Crippen molar-refractivity contribution in [2.75, 3.05) is 19.0 Å². The van der Waals surface area contributed by atoms with E-state index in [1.165, 1.54) is 0 Å². The Balaban J connectivity index is 2.57. The summed E-state index contributed by atoms with van der Waals surface area (Å²) in [5, 5.41) is 26.7. The normalized spacial score (nSPS) is 11.7. The number of hydrogen-bond acceptors (Lipinski definition) is 4. The predicted octanol–water partition coefficient (Wildman–Crippen LogP) is 1.01. The molecule has 0 amide bonds. The summed E-state index contributed by atoms with van der Waals surface area (Å²) < 4.78 is 0. The maximum absolute atomic E-state index is 9.25. The Morgan fingerprint density at radius 2 is 2.00 bits per heavy atom. The van der Waals surface area contributed by atoms with Crippen LogP contribution in [0.4, 0.5) is 0 Å². The van der Waals surface area contributed by atoms with Crippen LogP contribution in [0.15, 0.2) is 24.3 Å². The number of rotatable bonds is 6. The van der Waals surface area contributed by atoms with Crippen molar-refractivity contribution < 1.29 is 15.3 Å². The second-order valence-corrected chi connectivity index (χ2v) is 4.81. The summed E-state index contributed by atoms with van der Waals surface area (Å²) in [6, 6.07) is 7.83. The van der Waals surface area contributed by atoms with E-state index in [2.05, 4.69) is 11.8 Å². The third-order valence-corrected chi connectivity index (χ3v) is 3.39. The summed E-state index contributed by atoms with van der Waals surface area (Å²) in [7, 11) is 0. The Morgan fingerprint density at radius 1 is 1.22 bits per heavy atom. The molecular formula is C14H18O3S. The van der Waals surface area contributed by atoms with Crippen LogP contribution in [-0.2, 0) is 5.75 Å². The van der Waals surface area contributed by atoms with E-state index in [1.807, 2.05) is 24.3 Å². The molecule has 3 N–H and O–H groups in total. The van der Waals surface area contributed by atoms with Gasteiger partial charge in [0, 0.05) is 23.5 Å². The first-order valence-corrected chi connectivity index (χ1v) is 6.97. The maximum atomic E-state index is 9.25. The molecular weight excluding hydrogens is 248 g/mol. The number of thioether (sulfide) groups is 1. The number of aliphatic hydroxyl groups excluding tert-OH is 3. The van der Waals surface area contributed by atoms with Gasteiger partial charge in [-0.1, -0.05) is 30.0 Å². The highest BCUT2D eigenvalue weighted by molar-refractivity contribution is 7.98. The molecule has 1 aromatic carbocycles. The lowest BCUT2D eigenvalue weighted by Crippen LogP contribution is -2.14. The van der Waals surface area contributed by atoms with Crippen molar-refractivity contribution in [1.82, 2.24) is 0 Å². The van der Waals surface area contributed by atoms with Crippen molar-refractivity contribution in [3.05, 3.63) is 35.4 Å². The molecule has 0 radical (unpaired) electrons. The van der Waals surface area contributed by atoms with Crippen LogP contribution in [0.5, 0.6) is 0 Å². The summed E-state index contributed by atoms with van der Waals surface area (Å²) in [5.74, 6) is 7.19. The van der Waals surface area contributed by atoms with E-state index in [9.17, 15) is 5.11 Å².